The highest BCUT2D eigenvalue weighted by Crippen LogP contribution is 2.69. The van der Waals surface area contributed by atoms with Crippen molar-refractivity contribution >= 4 is 17.7 Å². The van der Waals surface area contributed by atoms with E-state index >= 15 is 0 Å². The Kier molecular flexibility index (Phi) is 4.87. The molecule has 172 valence electrons. The SMILES string of the molecule is COC1=C[C@@H](C)[C@@H]2C[C@H]3OC(=O)C[C@H]4[C@](C)(O)[C@H](OC(C)=O)[C@@H](O)[C@H]([C@@]2(C)C1=O)[C@@]34C. The molecule has 0 radical (unpaired) electrons. The van der Waals surface area contributed by atoms with Crippen LogP contribution in [0.5, 0.6) is 0 Å². The highest BCUT2D eigenvalue weighted by Gasteiger charge is 2.76. The number of ketones is 1. The number of Topliss-reactive ketones (excluding diaryl/α,β-unsaturated/α-hetero) is 1. The topological polar surface area (TPSA) is 119 Å². The molecule has 0 aromatic rings. The van der Waals surface area contributed by atoms with E-state index in [1.54, 1.807) is 6.08 Å². The molecule has 4 aliphatic rings. The highest BCUT2D eigenvalue weighted by molar-refractivity contribution is 5.99. The normalized spacial score (nSPS) is 51.1. The van der Waals surface area contributed by atoms with Crippen molar-refractivity contribution in [3.63, 3.8) is 0 Å². The van der Waals surface area contributed by atoms with Gasteiger partial charge in [0.25, 0.3) is 0 Å². The number of aliphatic hydroxyl groups is 2. The Hall–Kier alpha value is -1.93. The highest BCUT2D eigenvalue weighted by atomic mass is 16.6. The van der Waals surface area contributed by atoms with Crippen LogP contribution in [0.4, 0.5) is 0 Å². The van der Waals surface area contributed by atoms with Gasteiger partial charge in [-0.2, -0.15) is 0 Å². The largest absolute Gasteiger partial charge is 0.493 e. The van der Waals surface area contributed by atoms with Gasteiger partial charge < -0.3 is 24.4 Å². The summed E-state index contributed by atoms with van der Waals surface area (Å²) in [7, 11) is 1.45. The molecule has 2 saturated carbocycles. The molecule has 0 bridgehead atoms. The predicted molar refractivity (Wildman–Crippen MR) is 107 cm³/mol. The van der Waals surface area contributed by atoms with E-state index in [1.165, 1.54) is 21.0 Å². The van der Waals surface area contributed by atoms with Crippen LogP contribution in [0.3, 0.4) is 0 Å². The molecule has 8 nitrogen and oxygen atoms in total. The summed E-state index contributed by atoms with van der Waals surface area (Å²) in [6, 6.07) is 0. The molecule has 0 amide bonds. The monoisotopic (exact) mass is 436 g/mol. The lowest BCUT2D eigenvalue weighted by atomic mass is 9.37. The second kappa shape index (κ2) is 6.78. The fourth-order valence-electron chi connectivity index (χ4n) is 7.59. The van der Waals surface area contributed by atoms with Crippen LogP contribution < -0.4 is 0 Å². The average Bonchev–Trinajstić information content (AvgIpc) is 2.66. The first-order valence-electron chi connectivity index (χ1n) is 10.9. The van der Waals surface area contributed by atoms with Crippen molar-refractivity contribution in [1.29, 1.82) is 0 Å². The minimum atomic E-state index is -1.68. The number of rotatable bonds is 2. The van der Waals surface area contributed by atoms with E-state index in [4.69, 9.17) is 14.2 Å². The second-order valence-electron chi connectivity index (χ2n) is 10.4. The van der Waals surface area contributed by atoms with Crippen molar-refractivity contribution in [3.05, 3.63) is 11.8 Å². The van der Waals surface area contributed by atoms with Crippen LogP contribution in [-0.2, 0) is 28.6 Å². The Bertz CT molecular complexity index is 862. The van der Waals surface area contributed by atoms with Gasteiger partial charge in [0.2, 0.25) is 5.78 Å². The summed E-state index contributed by atoms with van der Waals surface area (Å²) in [6.07, 6.45) is -1.05. The van der Waals surface area contributed by atoms with Crippen LogP contribution in [-0.4, -0.2) is 59.0 Å². The van der Waals surface area contributed by atoms with Gasteiger partial charge in [-0.1, -0.05) is 20.8 Å². The van der Waals surface area contributed by atoms with Crippen molar-refractivity contribution in [2.45, 2.75) is 71.4 Å². The Balaban J connectivity index is 1.95. The first-order valence-corrected chi connectivity index (χ1v) is 10.9. The molecule has 1 aliphatic heterocycles. The molecule has 10 atom stereocenters. The lowest BCUT2D eigenvalue weighted by Crippen LogP contribution is -2.78. The maximum absolute atomic E-state index is 13.7. The third-order valence-electron chi connectivity index (χ3n) is 8.85. The third kappa shape index (κ3) is 2.70. The van der Waals surface area contributed by atoms with Crippen LogP contribution in [0, 0.1) is 34.5 Å². The van der Waals surface area contributed by atoms with Gasteiger partial charge >= 0.3 is 11.9 Å². The second-order valence-corrected chi connectivity index (χ2v) is 10.4. The summed E-state index contributed by atoms with van der Waals surface area (Å²) in [5.74, 6) is -2.74. The van der Waals surface area contributed by atoms with Crippen molar-refractivity contribution < 1.29 is 38.8 Å². The van der Waals surface area contributed by atoms with Gasteiger partial charge in [-0.25, -0.2) is 0 Å². The molecule has 4 rings (SSSR count). The maximum atomic E-state index is 13.7. The van der Waals surface area contributed by atoms with Crippen LogP contribution in [0.15, 0.2) is 11.8 Å². The summed E-state index contributed by atoms with van der Waals surface area (Å²) < 4.78 is 16.6. The van der Waals surface area contributed by atoms with E-state index in [0.717, 1.165) is 0 Å². The number of allylic oxidation sites excluding steroid dienone is 2. The van der Waals surface area contributed by atoms with Gasteiger partial charge in [0.15, 0.2) is 11.9 Å². The average molecular weight is 437 g/mol. The molecular formula is C23H32O8. The molecule has 0 aromatic carbocycles. The number of aliphatic hydroxyl groups excluding tert-OH is 1. The van der Waals surface area contributed by atoms with Gasteiger partial charge in [0, 0.05) is 29.6 Å². The Labute approximate surface area is 181 Å². The van der Waals surface area contributed by atoms with Gasteiger partial charge in [-0.15, -0.1) is 0 Å². The summed E-state index contributed by atoms with van der Waals surface area (Å²) in [4.78, 5) is 38.1. The molecular weight excluding hydrogens is 404 g/mol. The Morgan fingerprint density at radius 1 is 1.26 bits per heavy atom. The molecule has 3 fully saturated rings. The van der Waals surface area contributed by atoms with E-state index in [-0.39, 0.29) is 29.8 Å². The van der Waals surface area contributed by atoms with E-state index in [2.05, 4.69) is 0 Å². The molecule has 2 N–H and O–H groups in total. The van der Waals surface area contributed by atoms with E-state index in [9.17, 15) is 24.6 Å². The number of fused-ring (bicyclic) bond motifs is 2. The first kappa shape index (κ1) is 22.3. The quantitative estimate of drug-likeness (QED) is 0.623. The summed E-state index contributed by atoms with van der Waals surface area (Å²) in [6.45, 7) is 8.39. The van der Waals surface area contributed by atoms with Gasteiger partial charge in [-0.05, 0) is 31.3 Å². The number of ether oxygens (including phenoxy) is 3. The molecule has 0 aromatic heterocycles. The number of esters is 2. The van der Waals surface area contributed by atoms with Crippen LogP contribution in [0.2, 0.25) is 0 Å². The summed E-state index contributed by atoms with van der Waals surface area (Å²) in [5.41, 5.74) is -3.63. The lowest BCUT2D eigenvalue weighted by molar-refractivity contribution is -0.314. The van der Waals surface area contributed by atoms with E-state index in [1.807, 2.05) is 20.8 Å². The molecule has 1 heterocycles. The summed E-state index contributed by atoms with van der Waals surface area (Å²) >= 11 is 0. The molecule has 8 heteroatoms. The number of methoxy groups -OCH3 is 1. The lowest BCUT2D eigenvalue weighted by Gasteiger charge is -2.69. The maximum Gasteiger partial charge on any atom is 0.306 e. The van der Waals surface area contributed by atoms with Gasteiger partial charge in [0.05, 0.1) is 19.6 Å². The molecule has 0 unspecified atom stereocenters. The van der Waals surface area contributed by atoms with Crippen LogP contribution >= 0.6 is 0 Å². The Morgan fingerprint density at radius 3 is 2.48 bits per heavy atom. The van der Waals surface area contributed by atoms with Crippen LogP contribution in [0.1, 0.15) is 47.5 Å². The minimum Gasteiger partial charge on any atom is -0.493 e. The molecule has 0 spiro atoms. The number of carbonyl (C=O) groups is 3. The standard InChI is InChI=1S/C23H32O8/c1-10-7-13(29-6)19(27)21(3)12(10)8-15-22(4)14(9-16(25)31-15)23(5,28)20(30-11(2)24)17(26)18(21)22/h7,10,12,14-15,17-18,20,26,28H,8-9H2,1-6H3/t10-,12+,14-,15-,17+,18-,20-,21+,22-,23+/m1/s1. The van der Waals surface area contributed by atoms with Gasteiger partial charge in [-0.3, -0.25) is 14.4 Å². The van der Waals surface area contributed by atoms with Crippen LogP contribution in [0.25, 0.3) is 0 Å². The molecule has 3 aliphatic carbocycles. The predicted octanol–water partition coefficient (Wildman–Crippen LogP) is 1.37. The molecule has 1 saturated heterocycles. The Morgan fingerprint density at radius 2 is 1.90 bits per heavy atom. The fraction of sp³-hybridized carbons (Fsp3) is 0.783. The molecule has 31 heavy (non-hydrogen) atoms. The van der Waals surface area contributed by atoms with Crippen molar-refractivity contribution in [3.8, 4) is 0 Å². The zero-order valence-electron chi connectivity index (χ0n) is 18.9. The van der Waals surface area contributed by atoms with Gasteiger partial charge in [0.1, 0.15) is 11.7 Å². The minimum absolute atomic E-state index is 0.0666. The van der Waals surface area contributed by atoms with E-state index in [0.29, 0.717) is 6.42 Å². The number of carbonyl (C=O) groups excluding carboxylic acids is 3. The zero-order valence-corrected chi connectivity index (χ0v) is 18.9. The zero-order chi connectivity index (χ0) is 23.1. The smallest absolute Gasteiger partial charge is 0.306 e. The number of hydrogen-bond acceptors (Lipinski definition) is 8. The van der Waals surface area contributed by atoms with Crippen molar-refractivity contribution in [2.24, 2.45) is 34.5 Å². The number of hydrogen-bond donors (Lipinski definition) is 2. The third-order valence-corrected chi connectivity index (χ3v) is 8.85. The van der Waals surface area contributed by atoms with Crippen molar-refractivity contribution in [1.82, 2.24) is 0 Å². The van der Waals surface area contributed by atoms with Crippen molar-refractivity contribution in [2.75, 3.05) is 7.11 Å². The first-order chi connectivity index (χ1) is 14.3. The van der Waals surface area contributed by atoms with E-state index < -0.39 is 58.5 Å². The fourth-order valence-corrected chi connectivity index (χ4v) is 7.59. The summed E-state index contributed by atoms with van der Waals surface area (Å²) in [5, 5.41) is 23.1.